The molecule has 0 amide bonds. The molecule has 0 N–H and O–H groups in total. The number of hydrogen-bond acceptors (Lipinski definition) is 1. The molecule has 0 atom stereocenters. The maximum absolute atomic E-state index is 5.69. The second-order valence-electron chi connectivity index (χ2n) is 3.07. The number of hydrogen-bond donors (Lipinski definition) is 0. The maximum atomic E-state index is 5.69. The second-order valence-corrected chi connectivity index (χ2v) is 10.8. The van der Waals surface area contributed by atoms with Crippen molar-refractivity contribution in [1.82, 2.24) is 0 Å². The molecule has 0 spiro atoms. The third-order valence-electron chi connectivity index (χ3n) is 1.19. The second kappa shape index (κ2) is 3.76. The summed E-state index contributed by atoms with van der Waals surface area (Å²) in [7, 11) is 1.96. The van der Waals surface area contributed by atoms with Gasteiger partial charge in [0.2, 0.25) is 7.83 Å². The van der Waals surface area contributed by atoms with Gasteiger partial charge in [-0.05, 0) is 37.4 Å². The highest BCUT2D eigenvalue weighted by Gasteiger charge is 2.15. The minimum Gasteiger partial charge on any atom is -0.548 e. The normalized spacial score (nSPS) is 11.3. The van der Waals surface area contributed by atoms with Crippen LogP contribution in [-0.4, -0.2) is 17.6 Å². The molecule has 0 aliphatic carbocycles. The van der Waals surface area contributed by atoms with Gasteiger partial charge in [0.1, 0.15) is 5.75 Å². The van der Waals surface area contributed by atoms with Crippen molar-refractivity contribution in [3.63, 3.8) is 0 Å². The Balaban J connectivity index is 2.71. The van der Waals surface area contributed by atoms with Gasteiger partial charge in [0.25, 0.3) is 0 Å². The molecule has 0 aromatic heterocycles. The fourth-order valence-corrected chi connectivity index (χ4v) is 2.14. The Hall–Kier alpha value is -0.0662. The SMILES string of the molecule is C[Si](C)([Si])Oc1ccc(Br)cc1. The standard InChI is InChI=1S/C8H10BrOSi2/c1-12(2,11)10-8-5-3-7(9)4-6-8/h3-6H,1-2H3. The Labute approximate surface area is 85.6 Å². The zero-order valence-electron chi connectivity index (χ0n) is 7.10. The van der Waals surface area contributed by atoms with E-state index in [4.69, 9.17) is 4.43 Å². The van der Waals surface area contributed by atoms with Gasteiger partial charge in [0.05, 0.1) is 9.76 Å². The first-order valence-corrected chi connectivity index (χ1v) is 8.87. The molecule has 0 aliphatic heterocycles. The van der Waals surface area contributed by atoms with E-state index in [1.165, 1.54) is 0 Å². The largest absolute Gasteiger partial charge is 0.548 e. The van der Waals surface area contributed by atoms with Crippen LogP contribution in [0.3, 0.4) is 0 Å². The lowest BCUT2D eigenvalue weighted by molar-refractivity contribution is 0.571. The molecule has 1 aromatic carbocycles. The van der Waals surface area contributed by atoms with E-state index in [0.717, 1.165) is 10.2 Å². The monoisotopic (exact) mass is 257 g/mol. The fraction of sp³-hybridized carbons (Fsp3) is 0.250. The van der Waals surface area contributed by atoms with E-state index in [2.05, 4.69) is 38.8 Å². The van der Waals surface area contributed by atoms with Crippen LogP contribution in [0.2, 0.25) is 13.1 Å². The van der Waals surface area contributed by atoms with Gasteiger partial charge >= 0.3 is 0 Å². The zero-order chi connectivity index (χ0) is 9.19. The quantitative estimate of drug-likeness (QED) is 0.741. The molecule has 1 rings (SSSR count). The Kier molecular flexibility index (Phi) is 3.14. The predicted molar refractivity (Wildman–Crippen MR) is 58.0 cm³/mol. The lowest BCUT2D eigenvalue weighted by Gasteiger charge is -2.18. The van der Waals surface area contributed by atoms with Crippen LogP contribution in [0.4, 0.5) is 0 Å². The molecule has 4 heteroatoms. The van der Waals surface area contributed by atoms with Crippen molar-refractivity contribution in [2.45, 2.75) is 13.1 Å². The zero-order valence-corrected chi connectivity index (χ0v) is 10.7. The Morgan fingerprint density at radius 3 is 2.17 bits per heavy atom. The summed E-state index contributed by atoms with van der Waals surface area (Å²) < 4.78 is 6.76. The van der Waals surface area contributed by atoms with Gasteiger partial charge in [0, 0.05) is 4.47 Å². The summed E-state index contributed by atoms with van der Waals surface area (Å²) in [5.41, 5.74) is 0. The van der Waals surface area contributed by atoms with Gasteiger partial charge in [0.15, 0.2) is 0 Å². The fourth-order valence-electron chi connectivity index (χ4n) is 0.797. The molecule has 1 nitrogen and oxygen atoms in total. The van der Waals surface area contributed by atoms with Crippen molar-refractivity contribution >= 4 is 33.5 Å². The van der Waals surface area contributed by atoms with E-state index >= 15 is 0 Å². The van der Waals surface area contributed by atoms with Crippen LogP contribution in [0.25, 0.3) is 0 Å². The Morgan fingerprint density at radius 2 is 1.75 bits per heavy atom. The molecule has 0 unspecified atom stereocenters. The van der Waals surface area contributed by atoms with E-state index in [0.29, 0.717) is 0 Å². The van der Waals surface area contributed by atoms with Gasteiger partial charge in [-0.3, -0.25) is 0 Å². The lowest BCUT2D eigenvalue weighted by atomic mass is 10.3. The summed E-state index contributed by atoms with van der Waals surface area (Å²) in [6, 6.07) is 7.86. The van der Waals surface area contributed by atoms with Crippen LogP contribution in [-0.2, 0) is 0 Å². The smallest absolute Gasteiger partial charge is 0.220 e. The first-order valence-electron chi connectivity index (χ1n) is 3.67. The number of rotatable bonds is 2. The molecule has 1 aromatic rings. The highest BCUT2D eigenvalue weighted by atomic mass is 79.9. The first-order chi connectivity index (χ1) is 5.47. The summed E-state index contributed by atoms with van der Waals surface area (Å²) in [4.78, 5) is 0. The van der Waals surface area contributed by atoms with Crippen LogP contribution >= 0.6 is 15.9 Å². The molecule has 0 saturated heterocycles. The summed E-state index contributed by atoms with van der Waals surface area (Å²) in [6.07, 6.45) is 0. The van der Waals surface area contributed by atoms with E-state index in [1.54, 1.807) is 0 Å². The van der Waals surface area contributed by atoms with Crippen LogP contribution in [0.15, 0.2) is 28.7 Å². The van der Waals surface area contributed by atoms with Gasteiger partial charge in [-0.15, -0.1) is 0 Å². The lowest BCUT2D eigenvalue weighted by Crippen LogP contribution is -2.34. The highest BCUT2D eigenvalue weighted by molar-refractivity contribution is 9.10. The first kappa shape index (κ1) is 10.0. The summed E-state index contributed by atoms with van der Waals surface area (Å²) in [5, 5.41) is 0. The Bertz CT molecular complexity index is 253. The van der Waals surface area contributed by atoms with Crippen molar-refractivity contribution in [2.75, 3.05) is 0 Å². The van der Waals surface area contributed by atoms with E-state index in [9.17, 15) is 0 Å². The molecular weight excluding hydrogens is 248 g/mol. The van der Waals surface area contributed by atoms with E-state index in [-0.39, 0.29) is 0 Å². The van der Waals surface area contributed by atoms with Gasteiger partial charge in [-0.2, -0.15) is 0 Å². The summed E-state index contributed by atoms with van der Waals surface area (Å²) >= 11 is 3.37. The summed E-state index contributed by atoms with van der Waals surface area (Å²) in [5.74, 6) is 0.921. The molecule has 0 aliphatic rings. The predicted octanol–water partition coefficient (Wildman–Crippen LogP) is 2.70. The average molecular weight is 258 g/mol. The highest BCUT2D eigenvalue weighted by Crippen LogP contribution is 2.18. The molecule has 0 heterocycles. The van der Waals surface area contributed by atoms with Gasteiger partial charge in [-0.25, -0.2) is 0 Å². The third-order valence-corrected chi connectivity index (χ3v) is 2.77. The van der Waals surface area contributed by atoms with E-state index in [1.807, 2.05) is 24.3 Å². The molecule has 0 saturated carbocycles. The molecule has 63 valence electrons. The minimum atomic E-state index is -1.63. The molecule has 12 heavy (non-hydrogen) atoms. The third kappa shape index (κ3) is 3.56. The average Bonchev–Trinajstić information content (AvgIpc) is 1.91. The van der Waals surface area contributed by atoms with Crippen molar-refractivity contribution in [3.8, 4) is 5.75 Å². The van der Waals surface area contributed by atoms with Crippen LogP contribution in [0, 0.1) is 0 Å². The molecule has 0 fully saturated rings. The number of halogens is 1. The van der Waals surface area contributed by atoms with Gasteiger partial charge in [-0.1, -0.05) is 15.9 Å². The van der Waals surface area contributed by atoms with Crippen molar-refractivity contribution < 1.29 is 4.43 Å². The summed E-state index contributed by atoms with van der Waals surface area (Å²) in [6.45, 7) is 4.18. The molecular formula is C8H10BrOSi2. The maximum Gasteiger partial charge on any atom is 0.220 e. The topological polar surface area (TPSA) is 9.23 Å². The van der Waals surface area contributed by atoms with E-state index < -0.39 is 7.83 Å². The number of benzene rings is 1. The molecule has 0 bridgehead atoms. The van der Waals surface area contributed by atoms with Crippen molar-refractivity contribution in [3.05, 3.63) is 28.7 Å². The van der Waals surface area contributed by atoms with Gasteiger partial charge < -0.3 is 4.43 Å². The van der Waals surface area contributed by atoms with Crippen molar-refractivity contribution in [1.29, 1.82) is 0 Å². The van der Waals surface area contributed by atoms with Crippen molar-refractivity contribution in [2.24, 2.45) is 0 Å². The Morgan fingerprint density at radius 1 is 1.25 bits per heavy atom. The van der Waals surface area contributed by atoms with Crippen LogP contribution in [0.1, 0.15) is 0 Å². The minimum absolute atomic E-state index is 0.921. The van der Waals surface area contributed by atoms with Crippen LogP contribution < -0.4 is 4.43 Å². The van der Waals surface area contributed by atoms with Crippen LogP contribution in [0.5, 0.6) is 5.75 Å². The molecule has 3 radical (unpaired) electrons.